The van der Waals surface area contributed by atoms with E-state index in [1.165, 1.54) is 0 Å². The summed E-state index contributed by atoms with van der Waals surface area (Å²) in [5.74, 6) is 0.0326. The predicted molar refractivity (Wildman–Crippen MR) is 79.2 cm³/mol. The lowest BCUT2D eigenvalue weighted by Gasteiger charge is -2.43. The van der Waals surface area contributed by atoms with Gasteiger partial charge in [-0.1, -0.05) is 6.07 Å². The highest BCUT2D eigenvalue weighted by atomic mass is 79.9. The van der Waals surface area contributed by atoms with Crippen LogP contribution in [0.1, 0.15) is 32.4 Å². The van der Waals surface area contributed by atoms with Crippen molar-refractivity contribution in [3.8, 4) is 0 Å². The van der Waals surface area contributed by atoms with E-state index in [0.717, 1.165) is 22.3 Å². The number of hydrogen-bond acceptors (Lipinski definition) is 3. The number of anilines is 1. The molecular weight excluding hydrogens is 308 g/mol. The topological polar surface area (TPSA) is 52.6 Å². The van der Waals surface area contributed by atoms with E-state index in [9.17, 15) is 9.90 Å². The molecule has 1 saturated heterocycles. The van der Waals surface area contributed by atoms with E-state index in [1.807, 2.05) is 32.0 Å². The van der Waals surface area contributed by atoms with Crippen LogP contribution in [0, 0.1) is 0 Å². The third-order valence-electron chi connectivity index (χ3n) is 3.60. The van der Waals surface area contributed by atoms with Gasteiger partial charge in [-0.2, -0.15) is 0 Å². The van der Waals surface area contributed by atoms with E-state index in [2.05, 4.69) is 26.1 Å². The molecule has 0 bridgehead atoms. The summed E-state index contributed by atoms with van der Waals surface area (Å²) in [5.41, 5.74) is 1.26. The van der Waals surface area contributed by atoms with Gasteiger partial charge in [0.25, 0.3) is 0 Å². The number of halogens is 1. The van der Waals surface area contributed by atoms with Gasteiger partial charge in [-0.3, -0.25) is 4.79 Å². The summed E-state index contributed by atoms with van der Waals surface area (Å²) < 4.78 is 0.897. The fourth-order valence-electron chi connectivity index (χ4n) is 2.32. The average molecular weight is 327 g/mol. The number of carbonyl (C=O) groups excluding carboxylic acids is 1. The van der Waals surface area contributed by atoms with Gasteiger partial charge in [0.1, 0.15) is 5.54 Å². The number of aliphatic hydroxyl groups is 1. The number of nitrogens with one attached hydrogen (secondary N) is 1. The van der Waals surface area contributed by atoms with E-state index >= 15 is 0 Å². The molecule has 2 N–H and O–H groups in total. The van der Waals surface area contributed by atoms with E-state index in [0.29, 0.717) is 6.54 Å². The Morgan fingerprint density at radius 2 is 2.16 bits per heavy atom. The molecule has 1 aliphatic rings. The van der Waals surface area contributed by atoms with Crippen LogP contribution in [0.5, 0.6) is 0 Å². The van der Waals surface area contributed by atoms with Gasteiger partial charge in [0.2, 0.25) is 5.91 Å². The third-order valence-corrected chi connectivity index (χ3v) is 4.23. The first kappa shape index (κ1) is 14.3. The molecule has 1 unspecified atom stereocenters. The summed E-state index contributed by atoms with van der Waals surface area (Å²) in [6.45, 7) is 6.98. The molecule has 0 spiro atoms. The van der Waals surface area contributed by atoms with Crippen LogP contribution in [-0.2, 0) is 4.79 Å². The molecule has 1 heterocycles. The first-order valence-electron chi connectivity index (χ1n) is 6.37. The molecule has 104 valence electrons. The summed E-state index contributed by atoms with van der Waals surface area (Å²) >= 11 is 3.54. The van der Waals surface area contributed by atoms with Crippen molar-refractivity contribution in [2.75, 3.05) is 18.0 Å². The molecule has 0 radical (unpaired) electrons. The Balaban J connectivity index is 2.38. The summed E-state index contributed by atoms with van der Waals surface area (Å²) in [4.78, 5) is 14.1. The third kappa shape index (κ3) is 2.62. The largest absolute Gasteiger partial charge is 0.389 e. The van der Waals surface area contributed by atoms with Gasteiger partial charge < -0.3 is 15.3 Å². The Bertz CT molecular complexity index is 500. The molecule has 19 heavy (non-hydrogen) atoms. The average Bonchev–Trinajstić information content (AvgIpc) is 2.33. The highest BCUT2D eigenvalue weighted by Crippen LogP contribution is 2.34. The predicted octanol–water partition coefficient (Wildman–Crippen LogP) is 2.22. The lowest BCUT2D eigenvalue weighted by molar-refractivity contribution is -0.126. The second-order valence-corrected chi connectivity index (χ2v) is 6.21. The smallest absolute Gasteiger partial charge is 0.245 e. The number of rotatable bonds is 2. The van der Waals surface area contributed by atoms with E-state index in [1.54, 1.807) is 6.92 Å². The van der Waals surface area contributed by atoms with Crippen LogP contribution in [0.4, 0.5) is 5.69 Å². The second-order valence-electron chi connectivity index (χ2n) is 5.35. The Morgan fingerprint density at radius 1 is 1.47 bits per heavy atom. The highest BCUT2D eigenvalue weighted by Gasteiger charge is 2.38. The Morgan fingerprint density at radius 3 is 2.74 bits per heavy atom. The molecular formula is C14H19BrN2O2. The molecule has 4 nitrogen and oxygen atoms in total. The summed E-state index contributed by atoms with van der Waals surface area (Å²) in [6, 6.07) is 5.75. The molecule has 1 amide bonds. The van der Waals surface area contributed by atoms with Crippen molar-refractivity contribution in [1.29, 1.82) is 0 Å². The van der Waals surface area contributed by atoms with Crippen molar-refractivity contribution in [1.82, 2.24) is 5.32 Å². The van der Waals surface area contributed by atoms with Crippen LogP contribution in [0.2, 0.25) is 0 Å². The zero-order chi connectivity index (χ0) is 14.2. The zero-order valence-corrected chi connectivity index (χ0v) is 13.0. The monoisotopic (exact) mass is 326 g/mol. The van der Waals surface area contributed by atoms with Gasteiger partial charge in [-0.25, -0.2) is 0 Å². The standard InChI is InChI=1S/C14H19BrN2O2/c1-9(18)10-4-5-12(11(15)8-10)17-7-6-16-13(19)14(17,2)3/h4-5,8-9,18H,6-7H2,1-3H3,(H,16,19). The lowest BCUT2D eigenvalue weighted by Crippen LogP contribution is -2.62. The number of benzene rings is 1. The van der Waals surface area contributed by atoms with Gasteiger partial charge in [-0.15, -0.1) is 0 Å². The molecule has 1 fully saturated rings. The van der Waals surface area contributed by atoms with E-state index in [-0.39, 0.29) is 5.91 Å². The van der Waals surface area contributed by atoms with Crippen LogP contribution in [0.3, 0.4) is 0 Å². The van der Waals surface area contributed by atoms with Crippen LogP contribution in [0.15, 0.2) is 22.7 Å². The zero-order valence-electron chi connectivity index (χ0n) is 11.4. The number of hydrogen-bond donors (Lipinski definition) is 2. The fourth-order valence-corrected chi connectivity index (χ4v) is 2.93. The SMILES string of the molecule is CC(O)c1ccc(N2CCNC(=O)C2(C)C)c(Br)c1. The molecule has 0 saturated carbocycles. The number of nitrogens with zero attached hydrogens (tertiary/aromatic N) is 1. The minimum atomic E-state index is -0.576. The minimum Gasteiger partial charge on any atom is -0.389 e. The maximum atomic E-state index is 12.0. The van der Waals surface area contributed by atoms with Gasteiger partial charge in [-0.05, 0) is 54.4 Å². The van der Waals surface area contributed by atoms with Crippen molar-refractivity contribution in [3.05, 3.63) is 28.2 Å². The van der Waals surface area contributed by atoms with Crippen molar-refractivity contribution in [3.63, 3.8) is 0 Å². The summed E-state index contributed by atoms with van der Waals surface area (Å²) in [7, 11) is 0. The molecule has 2 rings (SSSR count). The number of carbonyl (C=O) groups is 1. The fraction of sp³-hybridized carbons (Fsp3) is 0.500. The molecule has 1 aromatic carbocycles. The normalized spacial score (nSPS) is 20.1. The first-order valence-corrected chi connectivity index (χ1v) is 7.17. The van der Waals surface area contributed by atoms with Crippen molar-refractivity contribution in [2.45, 2.75) is 32.4 Å². The molecule has 5 heteroatoms. The van der Waals surface area contributed by atoms with Gasteiger partial charge >= 0.3 is 0 Å². The molecule has 1 atom stereocenters. The van der Waals surface area contributed by atoms with Gasteiger partial charge in [0, 0.05) is 17.6 Å². The molecule has 1 aromatic rings. The van der Waals surface area contributed by atoms with Crippen LogP contribution in [0.25, 0.3) is 0 Å². The highest BCUT2D eigenvalue weighted by molar-refractivity contribution is 9.10. The minimum absolute atomic E-state index is 0.0326. The van der Waals surface area contributed by atoms with Gasteiger partial charge in [0.05, 0.1) is 11.8 Å². The second kappa shape index (κ2) is 5.13. The number of amides is 1. The van der Waals surface area contributed by atoms with Crippen molar-refractivity contribution >= 4 is 27.5 Å². The molecule has 0 aromatic heterocycles. The van der Waals surface area contributed by atoms with Crippen LogP contribution in [-0.4, -0.2) is 29.6 Å². The maximum absolute atomic E-state index is 12.0. The summed E-state index contributed by atoms with van der Waals surface area (Å²) in [5, 5.41) is 12.5. The van der Waals surface area contributed by atoms with Crippen LogP contribution >= 0.6 is 15.9 Å². The Labute approximate surface area is 121 Å². The lowest BCUT2D eigenvalue weighted by atomic mass is 9.97. The molecule has 0 aliphatic carbocycles. The first-order chi connectivity index (χ1) is 8.84. The van der Waals surface area contributed by atoms with Gasteiger partial charge in [0.15, 0.2) is 0 Å². The quantitative estimate of drug-likeness (QED) is 0.876. The summed E-state index contributed by atoms with van der Waals surface area (Å²) in [6.07, 6.45) is -0.497. The Hall–Kier alpha value is -1.07. The van der Waals surface area contributed by atoms with Crippen molar-refractivity contribution < 1.29 is 9.90 Å². The van der Waals surface area contributed by atoms with E-state index in [4.69, 9.17) is 0 Å². The van der Waals surface area contributed by atoms with E-state index < -0.39 is 11.6 Å². The number of aliphatic hydroxyl groups excluding tert-OH is 1. The van der Waals surface area contributed by atoms with Crippen LogP contribution < -0.4 is 10.2 Å². The molecule has 1 aliphatic heterocycles. The number of piperazine rings is 1. The van der Waals surface area contributed by atoms with Crippen molar-refractivity contribution in [2.24, 2.45) is 0 Å². The Kier molecular flexibility index (Phi) is 3.87. The maximum Gasteiger partial charge on any atom is 0.245 e.